The molecule has 0 radical (unpaired) electrons. The van der Waals surface area contributed by atoms with Crippen LogP contribution in [0.1, 0.15) is 22.6 Å². The van der Waals surface area contributed by atoms with Gasteiger partial charge in [-0.05, 0) is 28.8 Å². The highest BCUT2D eigenvalue weighted by atomic mass is 127. The minimum absolute atomic E-state index is 0. The molecule has 0 aromatic heterocycles. The molecular formula is C24H28IN3O2. The van der Waals surface area contributed by atoms with E-state index in [1.54, 1.807) is 14.2 Å². The lowest BCUT2D eigenvalue weighted by Gasteiger charge is -2.19. The predicted molar refractivity (Wildman–Crippen MR) is 133 cm³/mol. The highest BCUT2D eigenvalue weighted by Gasteiger charge is 2.14. The molecule has 0 amide bonds. The molecular weight excluding hydrogens is 489 g/mol. The lowest BCUT2D eigenvalue weighted by Crippen LogP contribution is -2.35. The van der Waals surface area contributed by atoms with Crippen molar-refractivity contribution in [3.05, 3.63) is 95.6 Å². The van der Waals surface area contributed by atoms with Crippen molar-refractivity contribution < 1.29 is 9.47 Å². The van der Waals surface area contributed by atoms with E-state index in [0.717, 1.165) is 5.56 Å². The van der Waals surface area contributed by atoms with Crippen molar-refractivity contribution in [1.82, 2.24) is 5.32 Å². The second-order valence-corrected chi connectivity index (χ2v) is 6.65. The van der Waals surface area contributed by atoms with E-state index in [4.69, 9.17) is 15.2 Å². The zero-order valence-electron chi connectivity index (χ0n) is 17.2. The lowest BCUT2D eigenvalue weighted by molar-refractivity contribution is 0.354. The molecule has 158 valence electrons. The Morgan fingerprint density at radius 2 is 1.43 bits per heavy atom. The number of hydrogen-bond donors (Lipinski definition) is 2. The van der Waals surface area contributed by atoms with E-state index in [9.17, 15) is 0 Å². The van der Waals surface area contributed by atoms with Gasteiger partial charge < -0.3 is 20.5 Å². The van der Waals surface area contributed by atoms with Gasteiger partial charge in [-0.15, -0.1) is 24.0 Å². The molecule has 3 aromatic carbocycles. The first-order valence-corrected chi connectivity index (χ1v) is 9.56. The third kappa shape index (κ3) is 6.38. The number of nitrogens with zero attached hydrogens (tertiary/aromatic N) is 1. The third-order valence-electron chi connectivity index (χ3n) is 4.77. The van der Waals surface area contributed by atoms with Crippen LogP contribution in [0.3, 0.4) is 0 Å². The van der Waals surface area contributed by atoms with Gasteiger partial charge in [0.25, 0.3) is 0 Å². The number of hydrogen-bond acceptors (Lipinski definition) is 3. The molecule has 0 heterocycles. The molecule has 3 aromatic rings. The number of nitrogens with two attached hydrogens (primary N) is 1. The van der Waals surface area contributed by atoms with E-state index in [1.165, 1.54) is 11.1 Å². The third-order valence-corrected chi connectivity index (χ3v) is 4.77. The fraction of sp³-hybridized carbons (Fsp3) is 0.208. The smallest absolute Gasteiger partial charge is 0.188 e. The summed E-state index contributed by atoms with van der Waals surface area (Å²) in [6.45, 7) is 1.12. The van der Waals surface area contributed by atoms with Crippen molar-refractivity contribution in [2.75, 3.05) is 20.8 Å². The number of ether oxygens (including phenoxy) is 2. The highest BCUT2D eigenvalue weighted by Crippen LogP contribution is 2.28. The van der Waals surface area contributed by atoms with Gasteiger partial charge in [-0.2, -0.15) is 0 Å². The Hall–Kier alpha value is -2.74. The average molecular weight is 517 g/mol. The number of rotatable bonds is 8. The second kappa shape index (κ2) is 12.1. The SMILES string of the molecule is COc1ccc(CN=C(N)NCC(c2ccccc2)c2ccccc2)cc1OC.I. The second-order valence-electron chi connectivity index (χ2n) is 6.65. The highest BCUT2D eigenvalue weighted by molar-refractivity contribution is 14.0. The van der Waals surface area contributed by atoms with Gasteiger partial charge in [0.1, 0.15) is 0 Å². The largest absolute Gasteiger partial charge is 0.493 e. The molecule has 0 fully saturated rings. The van der Waals surface area contributed by atoms with Crippen LogP contribution in [-0.2, 0) is 6.54 Å². The Labute approximate surface area is 195 Å². The number of guanidine groups is 1. The van der Waals surface area contributed by atoms with Crippen molar-refractivity contribution in [1.29, 1.82) is 0 Å². The fourth-order valence-electron chi connectivity index (χ4n) is 3.22. The van der Waals surface area contributed by atoms with Crippen molar-refractivity contribution in [3.8, 4) is 11.5 Å². The number of aliphatic imine (C=N–C) groups is 1. The number of methoxy groups -OCH3 is 2. The van der Waals surface area contributed by atoms with E-state index in [0.29, 0.717) is 30.5 Å². The van der Waals surface area contributed by atoms with E-state index in [1.807, 2.05) is 30.3 Å². The lowest BCUT2D eigenvalue weighted by atomic mass is 9.91. The summed E-state index contributed by atoms with van der Waals surface area (Å²) in [5, 5.41) is 3.27. The Morgan fingerprint density at radius 1 is 0.867 bits per heavy atom. The summed E-state index contributed by atoms with van der Waals surface area (Å²) >= 11 is 0. The molecule has 3 N–H and O–H groups in total. The van der Waals surface area contributed by atoms with Crippen LogP contribution in [0, 0.1) is 0 Å². The standard InChI is InChI=1S/C24H27N3O2.HI/c1-28-22-14-13-18(15-23(22)29-2)16-26-24(25)27-17-21(19-9-5-3-6-10-19)20-11-7-4-8-12-20;/h3-15,21H,16-17H2,1-2H3,(H3,25,26,27);1H. The topological polar surface area (TPSA) is 68.9 Å². The maximum atomic E-state index is 6.14. The monoisotopic (exact) mass is 517 g/mol. The van der Waals surface area contributed by atoms with Gasteiger partial charge in [-0.3, -0.25) is 0 Å². The molecule has 0 spiro atoms. The summed E-state index contributed by atoms with van der Waals surface area (Å²) in [4.78, 5) is 4.47. The molecule has 0 saturated heterocycles. The van der Waals surface area contributed by atoms with Gasteiger partial charge in [0, 0.05) is 12.5 Å². The normalized spacial score (nSPS) is 11.0. The van der Waals surface area contributed by atoms with Crippen LogP contribution in [-0.4, -0.2) is 26.7 Å². The van der Waals surface area contributed by atoms with E-state index >= 15 is 0 Å². The summed E-state index contributed by atoms with van der Waals surface area (Å²) < 4.78 is 10.6. The first-order valence-electron chi connectivity index (χ1n) is 9.56. The molecule has 3 rings (SSSR count). The van der Waals surface area contributed by atoms with Crippen LogP contribution < -0.4 is 20.5 Å². The summed E-state index contributed by atoms with van der Waals surface area (Å²) in [6, 6.07) is 26.5. The Kier molecular flexibility index (Phi) is 9.47. The Balaban J connectivity index is 0.00000320. The Morgan fingerprint density at radius 3 is 1.97 bits per heavy atom. The molecule has 0 unspecified atom stereocenters. The molecule has 0 atom stereocenters. The van der Waals surface area contributed by atoms with Crippen LogP contribution in [0.25, 0.3) is 0 Å². The maximum Gasteiger partial charge on any atom is 0.188 e. The van der Waals surface area contributed by atoms with Gasteiger partial charge in [0.2, 0.25) is 0 Å². The molecule has 5 nitrogen and oxygen atoms in total. The van der Waals surface area contributed by atoms with Crippen molar-refractivity contribution in [2.24, 2.45) is 10.7 Å². The zero-order valence-corrected chi connectivity index (χ0v) is 19.6. The van der Waals surface area contributed by atoms with E-state index in [2.05, 4.69) is 58.8 Å². The van der Waals surface area contributed by atoms with Crippen LogP contribution >= 0.6 is 24.0 Å². The van der Waals surface area contributed by atoms with Gasteiger partial charge in [-0.1, -0.05) is 66.7 Å². The number of benzene rings is 3. The molecule has 0 aliphatic rings. The van der Waals surface area contributed by atoms with Crippen LogP contribution in [0.15, 0.2) is 83.9 Å². The fourth-order valence-corrected chi connectivity index (χ4v) is 3.22. The average Bonchev–Trinajstić information content (AvgIpc) is 2.79. The van der Waals surface area contributed by atoms with Crippen molar-refractivity contribution >= 4 is 29.9 Å². The molecule has 0 aliphatic heterocycles. The Bertz CT molecular complexity index is 894. The van der Waals surface area contributed by atoms with Crippen molar-refractivity contribution in [2.45, 2.75) is 12.5 Å². The number of nitrogens with one attached hydrogen (secondary N) is 1. The zero-order chi connectivity index (χ0) is 20.5. The van der Waals surface area contributed by atoms with E-state index in [-0.39, 0.29) is 29.9 Å². The molecule has 0 bridgehead atoms. The quantitative estimate of drug-likeness (QED) is 0.261. The van der Waals surface area contributed by atoms with Gasteiger partial charge in [0.05, 0.1) is 20.8 Å². The van der Waals surface area contributed by atoms with Crippen LogP contribution in [0.5, 0.6) is 11.5 Å². The minimum atomic E-state index is 0. The maximum absolute atomic E-state index is 6.14. The van der Waals surface area contributed by atoms with Crippen molar-refractivity contribution in [3.63, 3.8) is 0 Å². The van der Waals surface area contributed by atoms with Crippen LogP contribution in [0.4, 0.5) is 0 Å². The van der Waals surface area contributed by atoms with E-state index < -0.39 is 0 Å². The first-order chi connectivity index (χ1) is 14.2. The van der Waals surface area contributed by atoms with Gasteiger partial charge in [0.15, 0.2) is 17.5 Å². The predicted octanol–water partition coefficient (Wildman–Crippen LogP) is 4.56. The minimum Gasteiger partial charge on any atom is -0.493 e. The molecule has 0 aliphatic carbocycles. The summed E-state index contributed by atoms with van der Waals surface area (Å²) in [5.41, 5.74) is 9.60. The van der Waals surface area contributed by atoms with Crippen LogP contribution in [0.2, 0.25) is 0 Å². The molecule has 0 saturated carbocycles. The van der Waals surface area contributed by atoms with Gasteiger partial charge >= 0.3 is 0 Å². The first kappa shape index (κ1) is 23.5. The summed E-state index contributed by atoms with van der Waals surface area (Å²) in [6.07, 6.45) is 0. The summed E-state index contributed by atoms with van der Waals surface area (Å²) in [5.74, 6) is 1.98. The number of halogens is 1. The molecule has 30 heavy (non-hydrogen) atoms. The van der Waals surface area contributed by atoms with Gasteiger partial charge in [-0.25, -0.2) is 4.99 Å². The molecule has 6 heteroatoms. The summed E-state index contributed by atoms with van der Waals surface area (Å²) in [7, 11) is 3.24.